The summed E-state index contributed by atoms with van der Waals surface area (Å²) in [6, 6.07) is 6.14. The number of piperidine rings is 1. The van der Waals surface area contributed by atoms with Crippen LogP contribution in [-0.4, -0.2) is 46.1 Å². The Balaban J connectivity index is 2.06. The molecule has 0 saturated carbocycles. The number of likely N-dealkylation sites (tertiary alicyclic amines) is 1. The number of nitro groups is 2. The van der Waals surface area contributed by atoms with Crippen LogP contribution in [0.2, 0.25) is 0 Å². The minimum Gasteiger partial charge on any atom is -0.333 e. The molecule has 3 rings (SSSR count). The fourth-order valence-corrected chi connectivity index (χ4v) is 3.27. The highest BCUT2D eigenvalue weighted by molar-refractivity contribution is 6.15. The predicted octanol–water partition coefficient (Wildman–Crippen LogP) is 2.62. The molecule has 1 aliphatic rings. The summed E-state index contributed by atoms with van der Waals surface area (Å²) in [7, 11) is 0. The van der Waals surface area contributed by atoms with E-state index in [0.29, 0.717) is 0 Å². The van der Waals surface area contributed by atoms with E-state index in [2.05, 4.69) is 0 Å². The number of rotatable bonds is 5. The number of halogens is 2. The normalized spacial score (nSPS) is 16.3. The van der Waals surface area contributed by atoms with E-state index in [1.54, 1.807) is 0 Å². The Labute approximate surface area is 184 Å². The summed E-state index contributed by atoms with van der Waals surface area (Å²) in [5.74, 6) is -3.12. The van der Waals surface area contributed by atoms with Gasteiger partial charge < -0.3 is 10.6 Å². The van der Waals surface area contributed by atoms with Gasteiger partial charge in [0.25, 0.3) is 0 Å². The van der Waals surface area contributed by atoms with Gasteiger partial charge in [0.05, 0.1) is 16.4 Å². The van der Waals surface area contributed by atoms with E-state index in [4.69, 9.17) is 5.73 Å². The van der Waals surface area contributed by atoms with Crippen molar-refractivity contribution in [2.24, 2.45) is 5.73 Å². The molecule has 1 aliphatic heterocycles. The van der Waals surface area contributed by atoms with Gasteiger partial charge in [-0.3, -0.25) is 29.8 Å². The maximum absolute atomic E-state index is 13.6. The van der Waals surface area contributed by atoms with Crippen molar-refractivity contribution < 1.29 is 28.2 Å². The number of hydrogen-bond acceptors (Lipinski definition) is 7. The van der Waals surface area contributed by atoms with E-state index in [0.717, 1.165) is 24.3 Å². The van der Waals surface area contributed by atoms with Crippen LogP contribution in [0.5, 0.6) is 0 Å². The second-order valence-corrected chi connectivity index (χ2v) is 7.06. The zero-order chi connectivity index (χ0) is 24.3. The molecular formula is C21H16F2N4O6. The molecule has 0 aromatic heterocycles. The first-order chi connectivity index (χ1) is 15.6. The number of carbonyl (C=O) groups excluding carboxylic acids is 2. The Morgan fingerprint density at radius 2 is 1.36 bits per heavy atom. The van der Waals surface area contributed by atoms with Gasteiger partial charge >= 0.3 is 11.4 Å². The molecule has 12 heteroatoms. The standard InChI is InChI=1S/C21H16F2N4O6/c22-16-3-1-12(7-18(16)26(30)31)5-14-10-25(20(28)9-24)11-15(21(14)29)6-13-2-4-17(23)19(8-13)27(32)33/h1-8H,9-11,24H2/b14-5+,15-6+. The number of benzene rings is 2. The first-order valence-electron chi connectivity index (χ1n) is 9.42. The Morgan fingerprint density at radius 1 is 0.939 bits per heavy atom. The Hall–Kier alpha value is -4.32. The molecule has 0 atom stereocenters. The van der Waals surface area contributed by atoms with Crippen molar-refractivity contribution >= 4 is 35.2 Å². The molecule has 2 N–H and O–H groups in total. The SMILES string of the molecule is NCC(=O)N1C/C(=C\c2ccc(F)c([N+](=O)[O-])c2)C(=O)/C(=C/c2ccc(F)c([N+](=O)[O-])c2)C1. The van der Waals surface area contributed by atoms with E-state index in [1.807, 2.05) is 0 Å². The summed E-state index contributed by atoms with van der Waals surface area (Å²) >= 11 is 0. The van der Waals surface area contributed by atoms with Gasteiger partial charge in [-0.15, -0.1) is 0 Å². The first kappa shape index (κ1) is 23.3. The molecule has 2 aromatic rings. The molecule has 33 heavy (non-hydrogen) atoms. The minimum atomic E-state index is -1.05. The third-order valence-electron chi connectivity index (χ3n) is 4.85. The molecule has 2 aromatic carbocycles. The third-order valence-corrected chi connectivity index (χ3v) is 4.85. The van der Waals surface area contributed by atoms with E-state index < -0.39 is 44.5 Å². The van der Waals surface area contributed by atoms with Gasteiger partial charge in [0.15, 0.2) is 5.78 Å². The highest BCUT2D eigenvalue weighted by atomic mass is 19.1. The summed E-state index contributed by atoms with van der Waals surface area (Å²) in [6.07, 6.45) is 2.57. The number of nitro benzene ring substituents is 2. The lowest BCUT2D eigenvalue weighted by Crippen LogP contribution is -2.44. The van der Waals surface area contributed by atoms with Crippen LogP contribution in [0.3, 0.4) is 0 Å². The molecule has 10 nitrogen and oxygen atoms in total. The van der Waals surface area contributed by atoms with Crippen molar-refractivity contribution in [3.05, 3.63) is 90.5 Å². The van der Waals surface area contributed by atoms with Gasteiger partial charge in [-0.1, -0.05) is 12.1 Å². The molecular weight excluding hydrogens is 442 g/mol. The lowest BCUT2D eigenvalue weighted by molar-refractivity contribution is -0.387. The number of amides is 1. The van der Waals surface area contributed by atoms with Crippen LogP contribution < -0.4 is 5.73 Å². The minimum absolute atomic E-state index is 0.0619. The summed E-state index contributed by atoms with van der Waals surface area (Å²) in [5, 5.41) is 22.0. The highest BCUT2D eigenvalue weighted by Gasteiger charge is 2.29. The molecule has 0 spiro atoms. The Bertz CT molecular complexity index is 1160. The zero-order valence-electron chi connectivity index (χ0n) is 16.9. The molecule has 0 bridgehead atoms. The van der Waals surface area contributed by atoms with Crippen LogP contribution in [0.1, 0.15) is 11.1 Å². The molecule has 0 unspecified atom stereocenters. The summed E-state index contributed by atoms with van der Waals surface area (Å²) in [6.45, 7) is -0.652. The molecule has 0 aliphatic carbocycles. The van der Waals surface area contributed by atoms with E-state index in [9.17, 15) is 38.6 Å². The van der Waals surface area contributed by atoms with Gasteiger partial charge in [0.1, 0.15) is 0 Å². The number of ketones is 1. The van der Waals surface area contributed by atoms with E-state index in [-0.39, 0.29) is 41.9 Å². The van der Waals surface area contributed by atoms with Crippen molar-refractivity contribution in [3.63, 3.8) is 0 Å². The fraction of sp³-hybridized carbons (Fsp3) is 0.143. The second kappa shape index (κ2) is 9.44. The third kappa shape index (κ3) is 5.13. The van der Waals surface area contributed by atoms with Gasteiger partial charge in [-0.2, -0.15) is 8.78 Å². The molecule has 1 saturated heterocycles. The number of carbonyl (C=O) groups is 2. The first-order valence-corrected chi connectivity index (χ1v) is 9.42. The maximum Gasteiger partial charge on any atom is 0.305 e. The largest absolute Gasteiger partial charge is 0.333 e. The summed E-state index contributed by atoms with van der Waals surface area (Å²) in [5.41, 5.74) is 4.30. The molecule has 1 heterocycles. The quantitative estimate of drug-likeness (QED) is 0.411. The van der Waals surface area contributed by atoms with Crippen molar-refractivity contribution in [1.82, 2.24) is 4.90 Å². The van der Waals surface area contributed by atoms with E-state index in [1.165, 1.54) is 29.2 Å². The Morgan fingerprint density at radius 3 is 1.73 bits per heavy atom. The van der Waals surface area contributed by atoms with Gasteiger partial charge in [0.2, 0.25) is 17.5 Å². The summed E-state index contributed by atoms with van der Waals surface area (Å²) in [4.78, 5) is 46.7. The topological polar surface area (TPSA) is 150 Å². The molecule has 170 valence electrons. The second-order valence-electron chi connectivity index (χ2n) is 7.06. The number of hydrogen-bond donors (Lipinski definition) is 1. The molecule has 1 amide bonds. The molecule has 0 radical (unpaired) electrons. The van der Waals surface area contributed by atoms with Crippen molar-refractivity contribution in [2.45, 2.75) is 0 Å². The van der Waals surface area contributed by atoms with Crippen molar-refractivity contribution in [1.29, 1.82) is 0 Å². The van der Waals surface area contributed by atoms with Crippen LogP contribution in [0.25, 0.3) is 12.2 Å². The van der Waals surface area contributed by atoms with Crippen molar-refractivity contribution in [3.8, 4) is 0 Å². The van der Waals surface area contributed by atoms with Crippen LogP contribution in [-0.2, 0) is 9.59 Å². The van der Waals surface area contributed by atoms with Crippen LogP contribution in [0.4, 0.5) is 20.2 Å². The summed E-state index contributed by atoms with van der Waals surface area (Å²) < 4.78 is 27.3. The number of Topliss-reactive ketones (excluding diaryl/α,β-unsaturated/α-hetero) is 1. The smallest absolute Gasteiger partial charge is 0.305 e. The van der Waals surface area contributed by atoms with Crippen molar-refractivity contribution in [2.75, 3.05) is 19.6 Å². The van der Waals surface area contributed by atoms with Gasteiger partial charge in [-0.25, -0.2) is 0 Å². The lowest BCUT2D eigenvalue weighted by Gasteiger charge is -2.29. The van der Waals surface area contributed by atoms with Gasteiger partial charge in [-0.05, 0) is 35.4 Å². The Kier molecular flexibility index (Phi) is 6.68. The van der Waals surface area contributed by atoms with Crippen LogP contribution in [0.15, 0.2) is 47.5 Å². The average molecular weight is 458 g/mol. The van der Waals surface area contributed by atoms with Gasteiger partial charge in [0, 0.05) is 36.4 Å². The number of nitrogens with zero attached hydrogens (tertiary/aromatic N) is 3. The van der Waals surface area contributed by atoms with E-state index >= 15 is 0 Å². The monoisotopic (exact) mass is 458 g/mol. The van der Waals surface area contributed by atoms with Crippen LogP contribution >= 0.6 is 0 Å². The number of nitrogens with two attached hydrogens (primary N) is 1. The fourth-order valence-electron chi connectivity index (χ4n) is 3.27. The van der Waals surface area contributed by atoms with Crippen LogP contribution in [0, 0.1) is 31.9 Å². The lowest BCUT2D eigenvalue weighted by atomic mass is 9.94. The zero-order valence-corrected chi connectivity index (χ0v) is 16.9. The average Bonchev–Trinajstić information content (AvgIpc) is 2.77. The highest BCUT2D eigenvalue weighted by Crippen LogP contribution is 2.26. The molecule has 1 fully saturated rings. The maximum atomic E-state index is 13.6. The predicted molar refractivity (Wildman–Crippen MR) is 113 cm³/mol.